The van der Waals surface area contributed by atoms with E-state index in [9.17, 15) is 0 Å². The number of aromatic nitrogens is 3. The lowest BCUT2D eigenvalue weighted by atomic mass is 10.1. The fourth-order valence-electron chi connectivity index (χ4n) is 2.06. The monoisotopic (exact) mass is 240 g/mol. The average Bonchev–Trinajstić information content (AvgIpc) is 2.81. The Balaban J connectivity index is 2.18. The van der Waals surface area contributed by atoms with E-state index in [4.69, 9.17) is 9.47 Å². The van der Waals surface area contributed by atoms with Crippen LogP contribution in [0.25, 0.3) is 0 Å². The van der Waals surface area contributed by atoms with Crippen LogP contribution >= 0.6 is 0 Å². The number of nitrogens with one attached hydrogen (secondary N) is 1. The van der Waals surface area contributed by atoms with Crippen molar-refractivity contribution in [2.24, 2.45) is 0 Å². The minimum absolute atomic E-state index is 0.00421. The van der Waals surface area contributed by atoms with Crippen LogP contribution in [0.3, 0.4) is 0 Å². The van der Waals surface area contributed by atoms with Gasteiger partial charge in [-0.3, -0.25) is 0 Å². The van der Waals surface area contributed by atoms with Crippen LogP contribution in [-0.4, -0.2) is 47.7 Å². The van der Waals surface area contributed by atoms with Crippen LogP contribution in [0.15, 0.2) is 6.33 Å². The molecule has 0 amide bonds. The van der Waals surface area contributed by atoms with Crippen molar-refractivity contribution in [2.45, 2.75) is 32.0 Å². The molecule has 6 heteroatoms. The van der Waals surface area contributed by atoms with Gasteiger partial charge < -0.3 is 14.8 Å². The van der Waals surface area contributed by atoms with E-state index in [1.807, 2.05) is 11.7 Å². The van der Waals surface area contributed by atoms with Gasteiger partial charge >= 0.3 is 0 Å². The second-order valence-electron chi connectivity index (χ2n) is 4.41. The van der Waals surface area contributed by atoms with Crippen LogP contribution in [0, 0.1) is 0 Å². The van der Waals surface area contributed by atoms with Crippen molar-refractivity contribution in [1.82, 2.24) is 20.1 Å². The van der Waals surface area contributed by atoms with Gasteiger partial charge in [0.05, 0.1) is 25.9 Å². The lowest BCUT2D eigenvalue weighted by Gasteiger charge is -2.30. The Labute approximate surface area is 101 Å². The maximum absolute atomic E-state index is 5.72. The first-order valence-electron chi connectivity index (χ1n) is 6.00. The van der Waals surface area contributed by atoms with Crippen molar-refractivity contribution in [3.8, 4) is 0 Å². The van der Waals surface area contributed by atoms with Crippen molar-refractivity contribution in [2.75, 3.05) is 26.9 Å². The lowest BCUT2D eigenvalue weighted by Crippen LogP contribution is -2.40. The van der Waals surface area contributed by atoms with Crippen LogP contribution in [0.2, 0.25) is 0 Å². The van der Waals surface area contributed by atoms with Gasteiger partial charge in [-0.25, -0.2) is 9.67 Å². The SMILES string of the molecule is CNC(c1ncnn1C(C)C)C1COCCO1. The van der Waals surface area contributed by atoms with Gasteiger partial charge in [-0.1, -0.05) is 0 Å². The molecule has 1 fully saturated rings. The van der Waals surface area contributed by atoms with Crippen molar-refractivity contribution in [3.63, 3.8) is 0 Å². The molecule has 1 N–H and O–H groups in total. The first-order valence-corrected chi connectivity index (χ1v) is 6.00. The van der Waals surface area contributed by atoms with E-state index >= 15 is 0 Å². The first-order chi connectivity index (χ1) is 8.24. The molecule has 2 rings (SSSR count). The van der Waals surface area contributed by atoms with Gasteiger partial charge in [0.2, 0.25) is 0 Å². The molecule has 0 saturated carbocycles. The second-order valence-corrected chi connectivity index (χ2v) is 4.41. The third kappa shape index (κ3) is 2.65. The predicted octanol–water partition coefficient (Wildman–Crippen LogP) is 0.535. The summed E-state index contributed by atoms with van der Waals surface area (Å²) >= 11 is 0. The third-order valence-electron chi connectivity index (χ3n) is 2.89. The summed E-state index contributed by atoms with van der Waals surface area (Å²) in [7, 11) is 1.90. The van der Waals surface area contributed by atoms with Gasteiger partial charge in [0, 0.05) is 6.04 Å². The van der Waals surface area contributed by atoms with Gasteiger partial charge in [-0.05, 0) is 20.9 Å². The van der Waals surface area contributed by atoms with Crippen molar-refractivity contribution < 1.29 is 9.47 Å². The smallest absolute Gasteiger partial charge is 0.146 e. The molecule has 96 valence electrons. The summed E-state index contributed by atoms with van der Waals surface area (Å²) in [5.74, 6) is 0.901. The van der Waals surface area contributed by atoms with Gasteiger partial charge in [0.25, 0.3) is 0 Å². The largest absolute Gasteiger partial charge is 0.376 e. The van der Waals surface area contributed by atoms with Crippen LogP contribution in [-0.2, 0) is 9.47 Å². The molecule has 0 aromatic carbocycles. The first kappa shape index (κ1) is 12.5. The van der Waals surface area contributed by atoms with Crippen molar-refractivity contribution in [1.29, 1.82) is 0 Å². The molecular formula is C11H20N4O2. The van der Waals surface area contributed by atoms with Crippen LogP contribution in [0.4, 0.5) is 0 Å². The van der Waals surface area contributed by atoms with E-state index < -0.39 is 0 Å². The highest BCUT2D eigenvalue weighted by Crippen LogP contribution is 2.21. The molecule has 1 aromatic rings. The van der Waals surface area contributed by atoms with E-state index in [0.29, 0.717) is 19.8 Å². The minimum Gasteiger partial charge on any atom is -0.376 e. The van der Waals surface area contributed by atoms with Gasteiger partial charge in [0.1, 0.15) is 18.3 Å². The molecule has 0 radical (unpaired) electrons. The quantitative estimate of drug-likeness (QED) is 0.832. The van der Waals surface area contributed by atoms with Crippen LogP contribution in [0.1, 0.15) is 31.8 Å². The molecule has 1 aromatic heterocycles. The predicted molar refractivity (Wildman–Crippen MR) is 62.8 cm³/mol. The highest BCUT2D eigenvalue weighted by Gasteiger charge is 2.29. The Bertz CT molecular complexity index is 347. The molecule has 0 bridgehead atoms. The summed E-state index contributed by atoms with van der Waals surface area (Å²) in [6.45, 7) is 6.07. The van der Waals surface area contributed by atoms with Crippen LogP contribution < -0.4 is 5.32 Å². The number of likely N-dealkylation sites (N-methyl/N-ethyl adjacent to an activating group) is 1. The maximum Gasteiger partial charge on any atom is 0.146 e. The van der Waals surface area contributed by atoms with E-state index in [0.717, 1.165) is 5.82 Å². The van der Waals surface area contributed by atoms with E-state index in [2.05, 4.69) is 29.2 Å². The van der Waals surface area contributed by atoms with E-state index in [-0.39, 0.29) is 18.2 Å². The molecule has 17 heavy (non-hydrogen) atoms. The molecule has 6 nitrogen and oxygen atoms in total. The summed E-state index contributed by atoms with van der Waals surface area (Å²) in [6.07, 6.45) is 1.58. The molecule has 2 atom stereocenters. The maximum atomic E-state index is 5.72. The number of hydrogen-bond acceptors (Lipinski definition) is 5. The summed E-state index contributed by atoms with van der Waals surface area (Å²) < 4.78 is 13.1. The molecule has 2 heterocycles. The normalized spacial score (nSPS) is 22.9. The highest BCUT2D eigenvalue weighted by atomic mass is 16.6. The Kier molecular flexibility index (Phi) is 4.09. The number of hydrogen-bond donors (Lipinski definition) is 1. The van der Waals surface area contributed by atoms with E-state index in [1.165, 1.54) is 0 Å². The zero-order valence-corrected chi connectivity index (χ0v) is 10.6. The molecule has 1 aliphatic rings. The summed E-state index contributed by atoms with van der Waals surface area (Å²) in [6, 6.07) is 0.299. The third-order valence-corrected chi connectivity index (χ3v) is 2.89. The molecular weight excluding hydrogens is 220 g/mol. The summed E-state index contributed by atoms with van der Waals surface area (Å²) in [5, 5.41) is 7.49. The zero-order chi connectivity index (χ0) is 12.3. The van der Waals surface area contributed by atoms with Gasteiger partial charge in [-0.15, -0.1) is 0 Å². The number of rotatable bonds is 4. The summed E-state index contributed by atoms with van der Waals surface area (Å²) in [5.41, 5.74) is 0. The van der Waals surface area contributed by atoms with Crippen molar-refractivity contribution >= 4 is 0 Å². The van der Waals surface area contributed by atoms with Gasteiger partial charge in [-0.2, -0.15) is 5.10 Å². The minimum atomic E-state index is -0.00421. The fourth-order valence-corrected chi connectivity index (χ4v) is 2.06. The second kappa shape index (κ2) is 5.57. The Morgan fingerprint density at radius 2 is 2.29 bits per heavy atom. The standard InChI is InChI=1S/C11H20N4O2/c1-8(2)15-11(13-7-14-15)10(12-3)9-6-16-4-5-17-9/h7-10,12H,4-6H2,1-3H3. The van der Waals surface area contributed by atoms with Crippen LogP contribution in [0.5, 0.6) is 0 Å². The highest BCUT2D eigenvalue weighted by molar-refractivity contribution is 4.99. The lowest BCUT2D eigenvalue weighted by molar-refractivity contribution is -0.103. The van der Waals surface area contributed by atoms with E-state index in [1.54, 1.807) is 6.33 Å². The summed E-state index contributed by atoms with van der Waals surface area (Å²) in [4.78, 5) is 4.34. The fraction of sp³-hybridized carbons (Fsp3) is 0.818. The topological polar surface area (TPSA) is 61.2 Å². The number of ether oxygens (including phenoxy) is 2. The zero-order valence-electron chi connectivity index (χ0n) is 10.6. The Hall–Kier alpha value is -0.980. The Morgan fingerprint density at radius 3 is 2.88 bits per heavy atom. The molecule has 1 saturated heterocycles. The molecule has 0 aliphatic carbocycles. The number of nitrogens with zero attached hydrogens (tertiary/aromatic N) is 3. The molecule has 1 aliphatic heterocycles. The Morgan fingerprint density at radius 1 is 1.47 bits per heavy atom. The van der Waals surface area contributed by atoms with Crippen molar-refractivity contribution in [3.05, 3.63) is 12.2 Å². The van der Waals surface area contributed by atoms with Gasteiger partial charge in [0.15, 0.2) is 0 Å². The average molecular weight is 240 g/mol. The molecule has 2 unspecified atom stereocenters. The molecule has 0 spiro atoms.